The van der Waals surface area contributed by atoms with Crippen molar-refractivity contribution in [1.82, 2.24) is 5.16 Å². The van der Waals surface area contributed by atoms with Crippen molar-refractivity contribution in [3.63, 3.8) is 0 Å². The van der Waals surface area contributed by atoms with E-state index < -0.39 is 0 Å². The Morgan fingerprint density at radius 2 is 1.70 bits per heavy atom. The lowest BCUT2D eigenvalue weighted by Gasteiger charge is -2.18. The van der Waals surface area contributed by atoms with Gasteiger partial charge in [0.05, 0.1) is 5.39 Å². The molecular formula is C17H16ClNO. The van der Waals surface area contributed by atoms with E-state index in [1.165, 1.54) is 5.56 Å². The van der Waals surface area contributed by atoms with Crippen LogP contribution in [0, 0.1) is 0 Å². The van der Waals surface area contributed by atoms with Gasteiger partial charge < -0.3 is 4.52 Å². The maximum Gasteiger partial charge on any atom is 0.167 e. The monoisotopic (exact) mass is 285 g/mol. The van der Waals surface area contributed by atoms with E-state index in [1.807, 2.05) is 18.2 Å². The molecule has 102 valence electrons. The van der Waals surface area contributed by atoms with Crippen LogP contribution >= 0.6 is 11.6 Å². The van der Waals surface area contributed by atoms with Crippen molar-refractivity contribution in [3.8, 4) is 11.3 Å². The van der Waals surface area contributed by atoms with Crippen molar-refractivity contribution >= 4 is 22.6 Å². The van der Waals surface area contributed by atoms with E-state index in [9.17, 15) is 0 Å². The molecule has 0 atom stereocenters. The Labute approximate surface area is 123 Å². The molecule has 0 saturated carbocycles. The molecule has 3 heteroatoms. The predicted octanol–water partition coefficient (Wildman–Crippen LogP) is 5.45. The molecule has 2 nitrogen and oxygen atoms in total. The highest BCUT2D eigenvalue weighted by Gasteiger charge is 2.15. The second-order valence-electron chi connectivity index (χ2n) is 6.00. The van der Waals surface area contributed by atoms with Crippen LogP contribution in [0.2, 0.25) is 5.02 Å². The van der Waals surface area contributed by atoms with E-state index in [-0.39, 0.29) is 5.41 Å². The lowest BCUT2D eigenvalue weighted by molar-refractivity contribution is 0.459. The summed E-state index contributed by atoms with van der Waals surface area (Å²) in [5, 5.41) is 5.80. The van der Waals surface area contributed by atoms with E-state index in [2.05, 4.69) is 50.2 Å². The minimum Gasteiger partial charge on any atom is -0.356 e. The van der Waals surface area contributed by atoms with Gasteiger partial charge in [0.25, 0.3) is 0 Å². The van der Waals surface area contributed by atoms with E-state index in [0.29, 0.717) is 5.02 Å². The quantitative estimate of drug-likeness (QED) is 0.594. The topological polar surface area (TPSA) is 26.0 Å². The van der Waals surface area contributed by atoms with Crippen molar-refractivity contribution < 1.29 is 4.52 Å². The average Bonchev–Trinajstić information content (AvgIpc) is 2.81. The van der Waals surface area contributed by atoms with Gasteiger partial charge in [-0.3, -0.25) is 0 Å². The van der Waals surface area contributed by atoms with Crippen LogP contribution < -0.4 is 0 Å². The summed E-state index contributed by atoms with van der Waals surface area (Å²) in [5.74, 6) is 0. The van der Waals surface area contributed by atoms with Gasteiger partial charge in [0.1, 0.15) is 5.69 Å². The summed E-state index contributed by atoms with van der Waals surface area (Å²) in [6, 6.07) is 14.0. The molecule has 0 spiro atoms. The van der Waals surface area contributed by atoms with E-state index in [0.717, 1.165) is 22.2 Å². The van der Waals surface area contributed by atoms with Gasteiger partial charge >= 0.3 is 0 Å². The SMILES string of the molecule is CC(C)(C)c1ccc(-c2noc3ccc(Cl)cc23)cc1. The van der Waals surface area contributed by atoms with Crippen LogP contribution in [0.25, 0.3) is 22.2 Å². The molecule has 0 radical (unpaired) electrons. The second-order valence-corrected chi connectivity index (χ2v) is 6.44. The Kier molecular flexibility index (Phi) is 3.06. The zero-order valence-electron chi connectivity index (χ0n) is 11.8. The van der Waals surface area contributed by atoms with Crippen LogP contribution in [0.15, 0.2) is 47.0 Å². The minimum atomic E-state index is 0.147. The van der Waals surface area contributed by atoms with Gasteiger partial charge in [0.2, 0.25) is 0 Å². The lowest BCUT2D eigenvalue weighted by atomic mass is 9.86. The van der Waals surface area contributed by atoms with Gasteiger partial charge in [-0.1, -0.05) is 61.8 Å². The highest BCUT2D eigenvalue weighted by molar-refractivity contribution is 6.31. The molecule has 0 aliphatic carbocycles. The summed E-state index contributed by atoms with van der Waals surface area (Å²) < 4.78 is 5.35. The Balaban J connectivity index is 2.09. The van der Waals surface area contributed by atoms with Gasteiger partial charge in [0.15, 0.2) is 5.58 Å². The number of benzene rings is 2. The molecule has 0 unspecified atom stereocenters. The molecule has 3 aromatic rings. The molecule has 0 N–H and O–H groups in total. The van der Waals surface area contributed by atoms with Crippen LogP contribution in [-0.4, -0.2) is 5.16 Å². The average molecular weight is 286 g/mol. The van der Waals surface area contributed by atoms with Crippen LogP contribution in [0.4, 0.5) is 0 Å². The zero-order valence-corrected chi connectivity index (χ0v) is 12.5. The van der Waals surface area contributed by atoms with E-state index in [1.54, 1.807) is 0 Å². The molecule has 0 amide bonds. The summed E-state index contributed by atoms with van der Waals surface area (Å²) >= 11 is 6.05. The normalized spacial score (nSPS) is 12.0. The molecule has 1 heterocycles. The van der Waals surface area contributed by atoms with Gasteiger partial charge in [-0.25, -0.2) is 0 Å². The highest BCUT2D eigenvalue weighted by Crippen LogP contribution is 2.31. The number of nitrogens with zero attached hydrogens (tertiary/aromatic N) is 1. The minimum absolute atomic E-state index is 0.147. The van der Waals surface area contributed by atoms with Gasteiger partial charge in [-0.15, -0.1) is 0 Å². The fourth-order valence-electron chi connectivity index (χ4n) is 2.25. The van der Waals surface area contributed by atoms with Crippen molar-refractivity contribution in [2.45, 2.75) is 26.2 Å². The Morgan fingerprint density at radius 1 is 1.00 bits per heavy atom. The van der Waals surface area contributed by atoms with Crippen LogP contribution in [0.1, 0.15) is 26.3 Å². The maximum absolute atomic E-state index is 6.05. The third kappa shape index (κ3) is 2.32. The fourth-order valence-corrected chi connectivity index (χ4v) is 2.42. The van der Waals surface area contributed by atoms with Crippen molar-refractivity contribution in [2.75, 3.05) is 0 Å². The number of fused-ring (bicyclic) bond motifs is 1. The van der Waals surface area contributed by atoms with Gasteiger partial charge in [-0.05, 0) is 29.2 Å². The summed E-state index contributed by atoms with van der Waals surface area (Å²) in [5.41, 5.74) is 4.08. The summed E-state index contributed by atoms with van der Waals surface area (Å²) in [6.07, 6.45) is 0. The number of hydrogen-bond donors (Lipinski definition) is 0. The summed E-state index contributed by atoms with van der Waals surface area (Å²) in [7, 11) is 0. The first kappa shape index (κ1) is 13.2. The smallest absolute Gasteiger partial charge is 0.167 e. The third-order valence-electron chi connectivity index (χ3n) is 3.46. The van der Waals surface area contributed by atoms with E-state index in [4.69, 9.17) is 16.1 Å². The van der Waals surface area contributed by atoms with Gasteiger partial charge in [0, 0.05) is 10.6 Å². The molecule has 0 aliphatic rings. The predicted molar refractivity (Wildman–Crippen MR) is 83.2 cm³/mol. The molecule has 0 saturated heterocycles. The molecule has 0 aliphatic heterocycles. The molecule has 1 aromatic heterocycles. The first-order chi connectivity index (χ1) is 9.45. The Hall–Kier alpha value is -1.80. The fraction of sp³-hybridized carbons (Fsp3) is 0.235. The number of halogens is 1. The summed E-state index contributed by atoms with van der Waals surface area (Å²) in [4.78, 5) is 0. The second kappa shape index (κ2) is 4.64. The lowest BCUT2D eigenvalue weighted by Crippen LogP contribution is -2.10. The molecule has 0 bridgehead atoms. The zero-order chi connectivity index (χ0) is 14.3. The Bertz CT molecular complexity index is 751. The van der Waals surface area contributed by atoms with E-state index >= 15 is 0 Å². The molecular weight excluding hydrogens is 270 g/mol. The highest BCUT2D eigenvalue weighted by atomic mass is 35.5. The van der Waals surface area contributed by atoms with Crippen LogP contribution in [0.3, 0.4) is 0 Å². The van der Waals surface area contributed by atoms with Crippen molar-refractivity contribution in [3.05, 3.63) is 53.1 Å². The largest absolute Gasteiger partial charge is 0.356 e. The number of rotatable bonds is 1. The van der Waals surface area contributed by atoms with Crippen LogP contribution in [-0.2, 0) is 5.41 Å². The Morgan fingerprint density at radius 3 is 2.35 bits per heavy atom. The summed E-state index contributed by atoms with van der Waals surface area (Å²) in [6.45, 7) is 6.60. The van der Waals surface area contributed by atoms with Crippen molar-refractivity contribution in [1.29, 1.82) is 0 Å². The number of hydrogen-bond acceptors (Lipinski definition) is 2. The molecule has 2 aromatic carbocycles. The molecule has 20 heavy (non-hydrogen) atoms. The van der Waals surface area contributed by atoms with Crippen LogP contribution in [0.5, 0.6) is 0 Å². The third-order valence-corrected chi connectivity index (χ3v) is 3.69. The van der Waals surface area contributed by atoms with Gasteiger partial charge in [-0.2, -0.15) is 0 Å². The first-order valence-electron chi connectivity index (χ1n) is 6.61. The maximum atomic E-state index is 6.05. The molecule has 3 rings (SSSR count). The number of aromatic nitrogens is 1. The molecule has 0 fully saturated rings. The van der Waals surface area contributed by atoms with Crippen molar-refractivity contribution in [2.24, 2.45) is 0 Å². The first-order valence-corrected chi connectivity index (χ1v) is 6.99. The standard InChI is InChI=1S/C17H16ClNO/c1-17(2,3)12-6-4-11(5-7-12)16-14-10-13(18)8-9-15(14)20-19-16/h4-10H,1-3H3.